The summed E-state index contributed by atoms with van der Waals surface area (Å²) in [7, 11) is 2.85. The van der Waals surface area contributed by atoms with Gasteiger partial charge in [-0.25, -0.2) is 0 Å². The van der Waals surface area contributed by atoms with E-state index in [2.05, 4.69) is 98.7 Å². The molecule has 126 valence electrons. The van der Waals surface area contributed by atoms with Gasteiger partial charge in [-0.2, -0.15) is 0 Å². The van der Waals surface area contributed by atoms with E-state index in [1.54, 1.807) is 5.30 Å². The highest BCUT2D eigenvalue weighted by atomic mass is 31.2. The fraction of sp³-hybridized carbons (Fsp3) is 0.700. The molecule has 0 bridgehead atoms. The molecule has 0 spiro atoms. The van der Waals surface area contributed by atoms with Crippen LogP contribution >= 0.6 is 7.26 Å². The maximum Gasteiger partial charge on any atom is 0.0954 e. The van der Waals surface area contributed by atoms with E-state index in [0.717, 1.165) is 5.66 Å². The first kappa shape index (κ1) is 19.5. The minimum Gasteiger partial charge on any atom is -0.378 e. The van der Waals surface area contributed by atoms with Crippen LogP contribution in [0.5, 0.6) is 0 Å². The van der Waals surface area contributed by atoms with Crippen molar-refractivity contribution in [2.45, 2.75) is 77.8 Å². The van der Waals surface area contributed by atoms with Crippen LogP contribution in [0, 0.1) is 0 Å². The first-order chi connectivity index (χ1) is 9.89. The molecular formula is C20H37NP+. The Morgan fingerprint density at radius 3 is 1.59 bits per heavy atom. The maximum atomic E-state index is 2.48. The van der Waals surface area contributed by atoms with Gasteiger partial charge < -0.3 is 4.90 Å². The minimum atomic E-state index is -1.38. The number of rotatable bonds is 4. The molecule has 1 aromatic carbocycles. The summed E-state index contributed by atoms with van der Waals surface area (Å²) in [5.74, 6) is 0. The van der Waals surface area contributed by atoms with E-state index in [9.17, 15) is 0 Å². The van der Waals surface area contributed by atoms with Crippen LogP contribution < -0.4 is 10.2 Å². The highest BCUT2D eigenvalue weighted by Gasteiger charge is 2.61. The molecule has 0 amide bonds. The van der Waals surface area contributed by atoms with Crippen molar-refractivity contribution in [3.63, 3.8) is 0 Å². The lowest BCUT2D eigenvalue weighted by atomic mass is 10.2. The summed E-state index contributed by atoms with van der Waals surface area (Å²) in [5, 5.41) is 2.20. The summed E-state index contributed by atoms with van der Waals surface area (Å²) in [5.41, 5.74) is 2.02. The number of benzene rings is 1. The second-order valence-electron chi connectivity index (χ2n) is 8.73. The van der Waals surface area contributed by atoms with E-state index in [1.165, 1.54) is 12.1 Å². The molecule has 0 heterocycles. The van der Waals surface area contributed by atoms with Gasteiger partial charge in [0.15, 0.2) is 0 Å². The molecule has 0 saturated carbocycles. The summed E-state index contributed by atoms with van der Waals surface area (Å²) < 4.78 is 0. The second kappa shape index (κ2) is 6.52. The lowest BCUT2D eigenvalue weighted by molar-refractivity contribution is 0.665. The molecule has 1 unspecified atom stereocenters. The third kappa shape index (κ3) is 3.21. The van der Waals surface area contributed by atoms with Crippen LogP contribution in [0.1, 0.15) is 61.8 Å². The maximum absolute atomic E-state index is 2.48. The quantitative estimate of drug-likeness (QED) is 0.634. The average molecular weight is 322 g/mol. The van der Waals surface area contributed by atoms with Gasteiger partial charge in [-0.05, 0) is 79.2 Å². The molecule has 0 aliphatic heterocycles. The molecule has 2 heteroatoms. The largest absolute Gasteiger partial charge is 0.378 e. The fourth-order valence-corrected chi connectivity index (χ4v) is 12.5. The summed E-state index contributed by atoms with van der Waals surface area (Å²) >= 11 is 0. The molecule has 0 radical (unpaired) electrons. The van der Waals surface area contributed by atoms with Crippen molar-refractivity contribution in [1.29, 1.82) is 0 Å². The zero-order valence-corrected chi connectivity index (χ0v) is 17.4. The molecule has 0 saturated heterocycles. The van der Waals surface area contributed by atoms with Gasteiger partial charge in [0, 0.05) is 19.8 Å². The van der Waals surface area contributed by atoms with Gasteiger partial charge in [0.05, 0.1) is 28.5 Å². The van der Waals surface area contributed by atoms with Crippen LogP contribution in [0.15, 0.2) is 24.3 Å². The van der Waals surface area contributed by atoms with Crippen molar-refractivity contribution in [2.24, 2.45) is 0 Å². The van der Waals surface area contributed by atoms with Crippen LogP contribution in [0.25, 0.3) is 0 Å². The Morgan fingerprint density at radius 2 is 1.32 bits per heavy atom. The summed E-state index contributed by atoms with van der Waals surface area (Å²) in [6, 6.07) is 9.41. The molecule has 0 aliphatic carbocycles. The second-order valence-corrected chi connectivity index (χ2v) is 14.3. The van der Waals surface area contributed by atoms with E-state index in [4.69, 9.17) is 0 Å². The van der Waals surface area contributed by atoms with Gasteiger partial charge in [-0.15, -0.1) is 0 Å². The molecule has 0 aromatic heterocycles. The Morgan fingerprint density at radius 1 is 0.909 bits per heavy atom. The molecule has 1 nitrogen and oxygen atoms in total. The van der Waals surface area contributed by atoms with Gasteiger partial charge in [-0.1, -0.05) is 6.92 Å². The standard InChI is InChI=1S/C20H37NP/c1-11-16(2)22(19(3,4)5,20(6,7)8)18-14-12-17(13-15-18)21(9)10/h12-16H,11H2,1-10H3/q+1. The third-order valence-electron chi connectivity index (χ3n) is 5.14. The smallest absolute Gasteiger partial charge is 0.0954 e. The van der Waals surface area contributed by atoms with E-state index in [1.807, 2.05) is 0 Å². The topological polar surface area (TPSA) is 3.24 Å². The summed E-state index contributed by atoms with van der Waals surface area (Å²) in [6.45, 7) is 19.6. The number of nitrogens with zero attached hydrogens (tertiary/aromatic N) is 1. The first-order valence-corrected chi connectivity index (χ1v) is 10.4. The van der Waals surface area contributed by atoms with Crippen molar-refractivity contribution in [1.82, 2.24) is 0 Å². The van der Waals surface area contributed by atoms with Crippen molar-refractivity contribution in [3.8, 4) is 0 Å². The molecule has 1 rings (SSSR count). The number of hydrogen-bond acceptors (Lipinski definition) is 1. The highest BCUT2D eigenvalue weighted by molar-refractivity contribution is 7.86. The van der Waals surface area contributed by atoms with Gasteiger partial charge in [0.1, 0.15) is 0 Å². The van der Waals surface area contributed by atoms with Crippen molar-refractivity contribution in [2.75, 3.05) is 19.0 Å². The Labute approximate surface area is 139 Å². The Kier molecular flexibility index (Phi) is 5.78. The lowest BCUT2D eigenvalue weighted by Crippen LogP contribution is -2.45. The van der Waals surface area contributed by atoms with E-state index in [-0.39, 0.29) is 0 Å². The highest BCUT2D eigenvalue weighted by Crippen LogP contribution is 2.78. The van der Waals surface area contributed by atoms with Crippen molar-refractivity contribution >= 4 is 18.3 Å². The monoisotopic (exact) mass is 322 g/mol. The van der Waals surface area contributed by atoms with Crippen LogP contribution in [0.3, 0.4) is 0 Å². The molecule has 0 aliphatic rings. The minimum absolute atomic E-state index is 0.306. The van der Waals surface area contributed by atoms with Gasteiger partial charge in [0.25, 0.3) is 0 Å². The van der Waals surface area contributed by atoms with E-state index < -0.39 is 7.26 Å². The predicted molar refractivity (Wildman–Crippen MR) is 107 cm³/mol. The van der Waals surface area contributed by atoms with Gasteiger partial charge in [-0.3, -0.25) is 0 Å². The lowest BCUT2D eigenvalue weighted by Gasteiger charge is -2.50. The molecular weight excluding hydrogens is 285 g/mol. The number of anilines is 1. The normalized spacial score (nSPS) is 14.8. The molecule has 22 heavy (non-hydrogen) atoms. The molecule has 0 N–H and O–H groups in total. The Hall–Kier alpha value is -0.550. The van der Waals surface area contributed by atoms with Gasteiger partial charge in [0.2, 0.25) is 0 Å². The third-order valence-corrected chi connectivity index (χ3v) is 12.2. The predicted octanol–water partition coefficient (Wildman–Crippen LogP) is 5.79. The zero-order valence-electron chi connectivity index (χ0n) is 16.5. The van der Waals surface area contributed by atoms with Gasteiger partial charge >= 0.3 is 0 Å². The summed E-state index contributed by atoms with van der Waals surface area (Å²) in [4.78, 5) is 2.18. The van der Waals surface area contributed by atoms with Crippen LogP contribution in [-0.4, -0.2) is 30.1 Å². The van der Waals surface area contributed by atoms with E-state index in [0.29, 0.717) is 10.3 Å². The molecule has 1 atom stereocenters. The zero-order chi connectivity index (χ0) is 17.3. The first-order valence-electron chi connectivity index (χ1n) is 8.56. The van der Waals surface area contributed by atoms with Crippen LogP contribution in [0.4, 0.5) is 5.69 Å². The van der Waals surface area contributed by atoms with Crippen molar-refractivity contribution < 1.29 is 0 Å². The average Bonchev–Trinajstić information content (AvgIpc) is 2.36. The molecule has 1 aromatic rings. The Balaban J connectivity index is 3.62. The van der Waals surface area contributed by atoms with Crippen LogP contribution in [-0.2, 0) is 0 Å². The SMILES string of the molecule is CCC(C)[P+](c1ccc(N(C)C)cc1)(C(C)(C)C)C(C)(C)C. The Bertz CT molecular complexity index is 460. The molecule has 0 fully saturated rings. The fourth-order valence-electron chi connectivity index (χ4n) is 4.62. The number of hydrogen-bond donors (Lipinski definition) is 0. The van der Waals surface area contributed by atoms with Crippen molar-refractivity contribution in [3.05, 3.63) is 24.3 Å². The summed E-state index contributed by atoms with van der Waals surface area (Å²) in [6.07, 6.45) is 1.25. The van der Waals surface area contributed by atoms with E-state index >= 15 is 0 Å². The van der Waals surface area contributed by atoms with Crippen LogP contribution in [0.2, 0.25) is 0 Å².